The standard InChI is InChI=1S/C16H17Cl2NO2/c1-9-4-5-14(20-2)11(6-9)16(19)10-7-13(18)15(21-3)8-12(10)17/h4-8,16H,19H2,1-3H3. The Morgan fingerprint density at radius 3 is 2.19 bits per heavy atom. The van der Waals surface area contributed by atoms with Gasteiger partial charge in [-0.1, -0.05) is 40.9 Å². The lowest BCUT2D eigenvalue weighted by Crippen LogP contribution is -2.14. The highest BCUT2D eigenvalue weighted by Gasteiger charge is 2.19. The number of methoxy groups -OCH3 is 2. The third-order valence-electron chi connectivity index (χ3n) is 3.33. The predicted octanol–water partition coefficient (Wildman–Crippen LogP) is 4.37. The van der Waals surface area contributed by atoms with Gasteiger partial charge in [0.15, 0.2) is 0 Å². The highest BCUT2D eigenvalue weighted by molar-refractivity contribution is 6.34. The smallest absolute Gasteiger partial charge is 0.138 e. The summed E-state index contributed by atoms with van der Waals surface area (Å²) >= 11 is 12.5. The number of halogens is 2. The zero-order chi connectivity index (χ0) is 15.6. The Morgan fingerprint density at radius 1 is 0.905 bits per heavy atom. The maximum atomic E-state index is 6.36. The van der Waals surface area contributed by atoms with E-state index in [9.17, 15) is 0 Å². The second-order valence-corrected chi connectivity index (χ2v) is 5.55. The van der Waals surface area contributed by atoms with E-state index in [1.165, 1.54) is 0 Å². The van der Waals surface area contributed by atoms with Crippen LogP contribution in [-0.4, -0.2) is 14.2 Å². The summed E-state index contributed by atoms with van der Waals surface area (Å²) in [6.45, 7) is 2.00. The van der Waals surface area contributed by atoms with Gasteiger partial charge in [-0.25, -0.2) is 0 Å². The van der Waals surface area contributed by atoms with Crippen molar-refractivity contribution in [1.29, 1.82) is 0 Å². The molecule has 0 heterocycles. The lowest BCUT2D eigenvalue weighted by Gasteiger charge is -2.19. The van der Waals surface area contributed by atoms with Gasteiger partial charge >= 0.3 is 0 Å². The monoisotopic (exact) mass is 325 g/mol. The van der Waals surface area contributed by atoms with Crippen LogP contribution in [0.5, 0.6) is 11.5 Å². The summed E-state index contributed by atoms with van der Waals surface area (Å²) < 4.78 is 10.5. The van der Waals surface area contributed by atoms with Crippen LogP contribution in [0.25, 0.3) is 0 Å². The number of rotatable bonds is 4. The zero-order valence-corrected chi connectivity index (χ0v) is 13.6. The van der Waals surface area contributed by atoms with Crippen molar-refractivity contribution in [2.75, 3.05) is 14.2 Å². The first-order valence-corrected chi connectivity index (χ1v) is 7.16. The first kappa shape index (κ1) is 16.0. The first-order chi connectivity index (χ1) is 9.97. The summed E-state index contributed by atoms with van der Waals surface area (Å²) in [4.78, 5) is 0. The minimum atomic E-state index is -0.434. The topological polar surface area (TPSA) is 44.5 Å². The van der Waals surface area contributed by atoms with E-state index in [2.05, 4.69) is 0 Å². The number of hydrogen-bond donors (Lipinski definition) is 1. The second-order valence-electron chi connectivity index (χ2n) is 4.73. The molecule has 0 saturated carbocycles. The Kier molecular flexibility index (Phi) is 4.99. The Morgan fingerprint density at radius 2 is 1.57 bits per heavy atom. The van der Waals surface area contributed by atoms with Crippen LogP contribution in [0.15, 0.2) is 30.3 Å². The quantitative estimate of drug-likeness (QED) is 0.907. The van der Waals surface area contributed by atoms with Crippen molar-refractivity contribution in [3.63, 3.8) is 0 Å². The highest BCUT2D eigenvalue weighted by Crippen LogP contribution is 2.37. The Hall–Kier alpha value is -1.42. The van der Waals surface area contributed by atoms with Crippen LogP contribution in [0.3, 0.4) is 0 Å². The van der Waals surface area contributed by atoms with Crippen molar-refractivity contribution in [1.82, 2.24) is 0 Å². The normalized spacial score (nSPS) is 12.1. The molecule has 0 saturated heterocycles. The Balaban J connectivity index is 2.52. The van der Waals surface area contributed by atoms with E-state index in [1.807, 2.05) is 25.1 Å². The number of benzene rings is 2. The van der Waals surface area contributed by atoms with Crippen LogP contribution in [0, 0.1) is 6.92 Å². The number of ether oxygens (including phenoxy) is 2. The first-order valence-electron chi connectivity index (χ1n) is 6.41. The fourth-order valence-corrected chi connectivity index (χ4v) is 2.72. The lowest BCUT2D eigenvalue weighted by molar-refractivity contribution is 0.407. The fourth-order valence-electron chi connectivity index (χ4n) is 2.20. The molecule has 0 spiro atoms. The molecule has 1 unspecified atom stereocenters. The second kappa shape index (κ2) is 6.56. The molecule has 2 aromatic rings. The molecule has 2 N–H and O–H groups in total. The molecule has 1 atom stereocenters. The van der Waals surface area contributed by atoms with Gasteiger partial charge in [-0.05, 0) is 24.6 Å². The third kappa shape index (κ3) is 3.26. The van der Waals surface area contributed by atoms with E-state index in [0.717, 1.165) is 22.4 Å². The highest BCUT2D eigenvalue weighted by atomic mass is 35.5. The summed E-state index contributed by atoms with van der Waals surface area (Å²) in [6.07, 6.45) is 0. The van der Waals surface area contributed by atoms with E-state index in [-0.39, 0.29) is 0 Å². The molecule has 5 heteroatoms. The van der Waals surface area contributed by atoms with Crippen molar-refractivity contribution in [3.8, 4) is 11.5 Å². The van der Waals surface area contributed by atoms with Gasteiger partial charge in [0.05, 0.1) is 25.3 Å². The van der Waals surface area contributed by atoms with Crippen LogP contribution in [0.2, 0.25) is 10.0 Å². The lowest BCUT2D eigenvalue weighted by atomic mass is 9.97. The molecule has 0 aliphatic heterocycles. The van der Waals surface area contributed by atoms with Crippen LogP contribution in [0.1, 0.15) is 22.7 Å². The summed E-state index contributed by atoms with van der Waals surface area (Å²) in [7, 11) is 3.16. The number of aryl methyl sites for hydroxylation is 1. The average Bonchev–Trinajstić information content (AvgIpc) is 2.48. The van der Waals surface area contributed by atoms with Crippen LogP contribution in [-0.2, 0) is 0 Å². The van der Waals surface area contributed by atoms with E-state index in [0.29, 0.717) is 15.8 Å². The van der Waals surface area contributed by atoms with Crippen molar-refractivity contribution < 1.29 is 9.47 Å². The van der Waals surface area contributed by atoms with Gasteiger partial charge in [-0.3, -0.25) is 0 Å². The SMILES string of the molecule is COc1cc(Cl)c(C(N)c2cc(C)ccc2OC)cc1Cl. The van der Waals surface area contributed by atoms with Crippen LogP contribution >= 0.6 is 23.2 Å². The summed E-state index contributed by atoms with van der Waals surface area (Å²) in [5.74, 6) is 1.24. The van der Waals surface area contributed by atoms with E-state index >= 15 is 0 Å². The molecule has 2 rings (SSSR count). The molecule has 0 fully saturated rings. The molecular weight excluding hydrogens is 309 g/mol. The van der Waals surface area contributed by atoms with E-state index in [1.54, 1.807) is 26.4 Å². The van der Waals surface area contributed by atoms with Gasteiger partial charge < -0.3 is 15.2 Å². The summed E-state index contributed by atoms with van der Waals surface area (Å²) in [5.41, 5.74) is 9.04. The number of nitrogens with two attached hydrogens (primary N) is 1. The summed E-state index contributed by atoms with van der Waals surface area (Å²) in [6, 6.07) is 8.81. The minimum absolute atomic E-state index is 0.434. The van der Waals surface area contributed by atoms with Crippen molar-refractivity contribution in [3.05, 3.63) is 57.1 Å². The predicted molar refractivity (Wildman–Crippen MR) is 86.8 cm³/mol. The molecule has 21 heavy (non-hydrogen) atoms. The van der Waals surface area contributed by atoms with Gasteiger partial charge in [0.2, 0.25) is 0 Å². The van der Waals surface area contributed by atoms with Crippen LogP contribution in [0.4, 0.5) is 0 Å². The molecule has 0 aromatic heterocycles. The number of hydrogen-bond acceptors (Lipinski definition) is 3. The molecular formula is C16H17Cl2NO2. The molecule has 0 aliphatic carbocycles. The Labute approximate surface area is 134 Å². The third-order valence-corrected chi connectivity index (χ3v) is 3.95. The Bertz CT molecular complexity index is 659. The molecule has 0 amide bonds. The van der Waals surface area contributed by atoms with Gasteiger partial charge in [0.1, 0.15) is 11.5 Å². The molecule has 0 radical (unpaired) electrons. The van der Waals surface area contributed by atoms with Crippen molar-refractivity contribution in [2.24, 2.45) is 5.73 Å². The van der Waals surface area contributed by atoms with Crippen molar-refractivity contribution >= 4 is 23.2 Å². The van der Waals surface area contributed by atoms with E-state index < -0.39 is 6.04 Å². The van der Waals surface area contributed by atoms with Crippen molar-refractivity contribution in [2.45, 2.75) is 13.0 Å². The van der Waals surface area contributed by atoms with Crippen LogP contribution < -0.4 is 15.2 Å². The molecule has 0 aliphatic rings. The zero-order valence-electron chi connectivity index (χ0n) is 12.1. The maximum Gasteiger partial charge on any atom is 0.138 e. The molecule has 0 bridgehead atoms. The maximum absolute atomic E-state index is 6.36. The average molecular weight is 326 g/mol. The van der Waals surface area contributed by atoms with Gasteiger partial charge in [0, 0.05) is 16.7 Å². The fraction of sp³-hybridized carbons (Fsp3) is 0.250. The molecule has 112 valence electrons. The van der Waals surface area contributed by atoms with E-state index in [4.69, 9.17) is 38.4 Å². The molecule has 2 aromatic carbocycles. The van der Waals surface area contributed by atoms with Gasteiger partial charge in [-0.2, -0.15) is 0 Å². The van der Waals surface area contributed by atoms with Gasteiger partial charge in [0.25, 0.3) is 0 Å². The summed E-state index contributed by atoms with van der Waals surface area (Å²) in [5, 5.41) is 0.978. The largest absolute Gasteiger partial charge is 0.496 e. The van der Waals surface area contributed by atoms with Gasteiger partial charge in [-0.15, -0.1) is 0 Å². The molecule has 3 nitrogen and oxygen atoms in total. The minimum Gasteiger partial charge on any atom is -0.496 e.